The Morgan fingerprint density at radius 3 is 2.75 bits per heavy atom. The molecule has 0 aliphatic rings. The number of aromatic nitrogens is 4. The van der Waals surface area contributed by atoms with Crippen LogP contribution in [0.2, 0.25) is 0 Å². The lowest BCUT2D eigenvalue weighted by atomic mass is 10.3. The van der Waals surface area contributed by atoms with Crippen molar-refractivity contribution in [3.8, 4) is 11.5 Å². The number of nitrogens with zero attached hydrogens (tertiary/aromatic N) is 4. The third-order valence-corrected chi connectivity index (χ3v) is 2.85. The molecule has 6 heteroatoms. The Hall–Kier alpha value is -1.43. The van der Waals surface area contributed by atoms with Crippen molar-refractivity contribution < 1.29 is 0 Å². The fraction of sp³-hybridized carbons (Fsp3) is 0.300. The minimum atomic E-state index is 0.459. The average molecular weight is 282 g/mol. The largest absolute Gasteiger partial charge is 0.383 e. The van der Waals surface area contributed by atoms with Gasteiger partial charge in [0.25, 0.3) is 0 Å². The van der Waals surface area contributed by atoms with Crippen molar-refractivity contribution >= 4 is 21.7 Å². The molecule has 0 radical (unpaired) electrons. The predicted molar refractivity (Wildman–Crippen MR) is 65.8 cm³/mol. The second-order valence-corrected chi connectivity index (χ2v) is 4.22. The van der Waals surface area contributed by atoms with Gasteiger partial charge >= 0.3 is 0 Å². The molecule has 84 valence electrons. The van der Waals surface area contributed by atoms with E-state index in [1.807, 2.05) is 30.7 Å². The van der Waals surface area contributed by atoms with Gasteiger partial charge in [0, 0.05) is 6.54 Å². The monoisotopic (exact) mass is 281 g/mol. The molecule has 2 aromatic rings. The van der Waals surface area contributed by atoms with Crippen LogP contribution in [0, 0.1) is 6.92 Å². The van der Waals surface area contributed by atoms with E-state index in [4.69, 9.17) is 5.73 Å². The quantitative estimate of drug-likeness (QED) is 0.914. The number of nitrogens with two attached hydrogens (primary N) is 1. The van der Waals surface area contributed by atoms with E-state index in [1.54, 1.807) is 0 Å². The Kier molecular flexibility index (Phi) is 2.91. The summed E-state index contributed by atoms with van der Waals surface area (Å²) in [4.78, 5) is 8.61. The molecule has 0 saturated heterocycles. The second-order valence-electron chi connectivity index (χ2n) is 3.36. The highest BCUT2D eigenvalue weighted by molar-refractivity contribution is 9.10. The van der Waals surface area contributed by atoms with Crippen LogP contribution >= 0.6 is 15.9 Å². The Balaban J connectivity index is 2.53. The highest BCUT2D eigenvalue weighted by atomic mass is 79.9. The second kappa shape index (κ2) is 4.21. The fourth-order valence-corrected chi connectivity index (χ4v) is 1.67. The molecule has 2 rings (SSSR count). The summed E-state index contributed by atoms with van der Waals surface area (Å²) >= 11 is 3.31. The normalized spacial score (nSPS) is 10.7. The molecule has 0 aliphatic heterocycles. The van der Waals surface area contributed by atoms with Crippen molar-refractivity contribution in [1.29, 1.82) is 0 Å². The highest BCUT2D eigenvalue weighted by Gasteiger charge is 2.11. The van der Waals surface area contributed by atoms with E-state index in [1.165, 1.54) is 0 Å². The van der Waals surface area contributed by atoms with Gasteiger partial charge in [-0.25, -0.2) is 14.6 Å². The molecule has 5 nitrogen and oxygen atoms in total. The van der Waals surface area contributed by atoms with Crippen molar-refractivity contribution in [3.05, 3.63) is 22.4 Å². The summed E-state index contributed by atoms with van der Waals surface area (Å²) in [6.07, 6.45) is 0. The van der Waals surface area contributed by atoms with E-state index in [9.17, 15) is 0 Å². The van der Waals surface area contributed by atoms with Crippen LogP contribution in [-0.4, -0.2) is 19.7 Å². The van der Waals surface area contributed by atoms with Crippen molar-refractivity contribution in [2.45, 2.75) is 20.4 Å². The van der Waals surface area contributed by atoms with Crippen LogP contribution in [0.5, 0.6) is 0 Å². The van der Waals surface area contributed by atoms with Crippen LogP contribution in [0.15, 0.2) is 16.6 Å². The zero-order valence-electron chi connectivity index (χ0n) is 9.11. The molecule has 0 spiro atoms. The van der Waals surface area contributed by atoms with Crippen LogP contribution in [0.3, 0.4) is 0 Å². The molecule has 2 N–H and O–H groups in total. The van der Waals surface area contributed by atoms with Gasteiger partial charge in [0.2, 0.25) is 0 Å². The molecule has 0 unspecified atom stereocenters. The number of anilines is 1. The molecule has 0 aliphatic carbocycles. The molecule has 0 bridgehead atoms. The van der Waals surface area contributed by atoms with Crippen molar-refractivity contribution in [2.75, 3.05) is 5.73 Å². The maximum absolute atomic E-state index is 5.74. The topological polar surface area (TPSA) is 69.6 Å². The molecular formula is C10H12BrN5. The number of pyridine rings is 1. The van der Waals surface area contributed by atoms with Gasteiger partial charge in [-0.1, -0.05) is 0 Å². The van der Waals surface area contributed by atoms with Crippen LogP contribution in [0.25, 0.3) is 11.5 Å². The minimum absolute atomic E-state index is 0.459. The number of hydrogen-bond donors (Lipinski definition) is 1. The van der Waals surface area contributed by atoms with Crippen molar-refractivity contribution in [3.63, 3.8) is 0 Å². The third-order valence-electron chi connectivity index (χ3n) is 2.18. The summed E-state index contributed by atoms with van der Waals surface area (Å²) in [5, 5.41) is 4.27. The van der Waals surface area contributed by atoms with Crippen LogP contribution in [-0.2, 0) is 6.54 Å². The third kappa shape index (κ3) is 1.92. The lowest BCUT2D eigenvalue weighted by molar-refractivity contribution is 0.658. The molecular weight excluding hydrogens is 270 g/mol. The summed E-state index contributed by atoms with van der Waals surface area (Å²) < 4.78 is 2.60. The molecule has 0 saturated carbocycles. The number of halogens is 1. The van der Waals surface area contributed by atoms with Gasteiger partial charge in [-0.2, -0.15) is 5.10 Å². The Bertz CT molecular complexity index is 520. The Morgan fingerprint density at radius 2 is 2.12 bits per heavy atom. The van der Waals surface area contributed by atoms with Crippen LogP contribution in [0.4, 0.5) is 5.82 Å². The first-order chi connectivity index (χ1) is 7.61. The van der Waals surface area contributed by atoms with Gasteiger partial charge in [-0.3, -0.25) is 0 Å². The van der Waals surface area contributed by atoms with Gasteiger partial charge in [0.05, 0.1) is 4.47 Å². The summed E-state index contributed by atoms with van der Waals surface area (Å²) in [7, 11) is 0. The van der Waals surface area contributed by atoms with E-state index >= 15 is 0 Å². The van der Waals surface area contributed by atoms with Gasteiger partial charge in [-0.05, 0) is 41.9 Å². The summed E-state index contributed by atoms with van der Waals surface area (Å²) in [5.41, 5.74) is 6.48. The van der Waals surface area contributed by atoms with Gasteiger partial charge in [-0.15, -0.1) is 0 Å². The number of hydrogen-bond acceptors (Lipinski definition) is 4. The number of aryl methyl sites for hydroxylation is 2. The number of rotatable bonds is 2. The van der Waals surface area contributed by atoms with E-state index in [-0.39, 0.29) is 0 Å². The van der Waals surface area contributed by atoms with Crippen molar-refractivity contribution in [2.24, 2.45) is 0 Å². The lowest BCUT2D eigenvalue weighted by Gasteiger charge is -2.03. The zero-order valence-corrected chi connectivity index (χ0v) is 10.7. The highest BCUT2D eigenvalue weighted by Crippen LogP contribution is 2.22. The van der Waals surface area contributed by atoms with Gasteiger partial charge < -0.3 is 5.73 Å². The summed E-state index contributed by atoms with van der Waals surface area (Å²) in [6, 6.07) is 3.73. The first-order valence-electron chi connectivity index (χ1n) is 4.95. The first kappa shape index (κ1) is 11.1. The van der Waals surface area contributed by atoms with Crippen LogP contribution in [0.1, 0.15) is 12.7 Å². The standard InChI is InChI=1S/C10H12BrN5/c1-3-16-10(13-6(2)15-16)8-5-4-7(11)9(12)14-8/h4-5H,3H2,1-2H3,(H2,12,14). The molecule has 0 fully saturated rings. The van der Waals surface area contributed by atoms with Gasteiger partial charge in [0.15, 0.2) is 5.82 Å². The molecule has 0 atom stereocenters. The van der Waals surface area contributed by atoms with E-state index in [0.29, 0.717) is 5.82 Å². The maximum Gasteiger partial charge on any atom is 0.177 e. The Labute approximate surface area is 102 Å². The summed E-state index contributed by atoms with van der Waals surface area (Å²) in [5.74, 6) is 1.94. The molecule has 2 heterocycles. The Morgan fingerprint density at radius 1 is 1.38 bits per heavy atom. The number of nitrogen functional groups attached to an aromatic ring is 1. The van der Waals surface area contributed by atoms with Crippen molar-refractivity contribution in [1.82, 2.24) is 19.7 Å². The van der Waals surface area contributed by atoms with Crippen LogP contribution < -0.4 is 5.73 Å². The average Bonchev–Trinajstić information content (AvgIpc) is 2.63. The van der Waals surface area contributed by atoms with Gasteiger partial charge in [0.1, 0.15) is 17.3 Å². The summed E-state index contributed by atoms with van der Waals surface area (Å²) in [6.45, 7) is 4.63. The fourth-order valence-electron chi connectivity index (χ4n) is 1.45. The lowest BCUT2D eigenvalue weighted by Crippen LogP contribution is -2.02. The first-order valence-corrected chi connectivity index (χ1v) is 5.75. The minimum Gasteiger partial charge on any atom is -0.383 e. The molecule has 16 heavy (non-hydrogen) atoms. The smallest absolute Gasteiger partial charge is 0.177 e. The molecule has 2 aromatic heterocycles. The van der Waals surface area contributed by atoms with E-state index < -0.39 is 0 Å². The molecule has 0 aromatic carbocycles. The SMILES string of the molecule is CCn1nc(C)nc1-c1ccc(Br)c(N)n1. The zero-order chi connectivity index (χ0) is 11.7. The predicted octanol–water partition coefficient (Wildman–Crippen LogP) is 2.01. The molecule has 0 amide bonds. The maximum atomic E-state index is 5.74. The van der Waals surface area contributed by atoms with E-state index in [2.05, 4.69) is 31.0 Å². The van der Waals surface area contributed by atoms with E-state index in [0.717, 1.165) is 28.4 Å².